The van der Waals surface area contributed by atoms with E-state index in [1.54, 1.807) is 17.0 Å². The van der Waals surface area contributed by atoms with Crippen LogP contribution in [0.5, 0.6) is 0 Å². The number of Topliss-reactive ketones (excluding diaryl/α,β-unsaturated/α-hetero) is 1. The van der Waals surface area contributed by atoms with Crippen LogP contribution in [0.25, 0.3) is 0 Å². The second-order valence-corrected chi connectivity index (χ2v) is 7.73. The van der Waals surface area contributed by atoms with Gasteiger partial charge in [0, 0.05) is 50.6 Å². The molecule has 1 fully saturated rings. The molecule has 1 N–H and O–H groups in total. The molecule has 1 aliphatic rings. The van der Waals surface area contributed by atoms with Gasteiger partial charge in [-0.3, -0.25) is 4.79 Å². The topological polar surface area (TPSA) is 91.6 Å². The van der Waals surface area contributed by atoms with Gasteiger partial charge in [0.2, 0.25) is 5.89 Å². The standard InChI is InChI=1S/C21H28FN5O3/c1-14(2)20-24-19(30-25-20)5-4-8-23-21(29)27-11-9-26(10-12-27)18-7-6-16(15(3)28)13-17(18)22/h6-7,13-14H,4-5,8-12H2,1-3H3,(H,23,29). The minimum atomic E-state index is -0.415. The van der Waals surface area contributed by atoms with E-state index in [-0.39, 0.29) is 17.7 Å². The number of piperazine rings is 1. The van der Waals surface area contributed by atoms with Crippen LogP contribution in [0.15, 0.2) is 22.7 Å². The van der Waals surface area contributed by atoms with E-state index in [4.69, 9.17) is 4.52 Å². The van der Waals surface area contributed by atoms with Crippen molar-refractivity contribution in [2.24, 2.45) is 0 Å². The molecule has 2 aromatic rings. The molecule has 3 rings (SSSR count). The van der Waals surface area contributed by atoms with Gasteiger partial charge in [-0.15, -0.1) is 0 Å². The van der Waals surface area contributed by atoms with Crippen LogP contribution in [0.3, 0.4) is 0 Å². The fourth-order valence-corrected chi connectivity index (χ4v) is 3.28. The van der Waals surface area contributed by atoms with E-state index in [0.29, 0.717) is 68.5 Å². The predicted molar refractivity (Wildman–Crippen MR) is 110 cm³/mol. The molecule has 2 amide bonds. The first-order chi connectivity index (χ1) is 14.3. The Morgan fingerprint density at radius 3 is 2.57 bits per heavy atom. The first kappa shape index (κ1) is 21.7. The molecule has 9 heteroatoms. The number of hydrogen-bond donors (Lipinski definition) is 1. The third kappa shape index (κ3) is 5.34. The molecule has 1 aliphatic heterocycles. The number of amides is 2. The predicted octanol–water partition coefficient (Wildman–Crippen LogP) is 3.00. The lowest BCUT2D eigenvalue weighted by Gasteiger charge is -2.36. The fourth-order valence-electron chi connectivity index (χ4n) is 3.28. The quantitative estimate of drug-likeness (QED) is 0.550. The van der Waals surface area contributed by atoms with Crippen molar-refractivity contribution in [1.29, 1.82) is 0 Å². The van der Waals surface area contributed by atoms with E-state index in [1.807, 2.05) is 18.7 Å². The summed E-state index contributed by atoms with van der Waals surface area (Å²) < 4.78 is 19.5. The number of hydrogen-bond acceptors (Lipinski definition) is 6. The van der Waals surface area contributed by atoms with Gasteiger partial charge in [-0.25, -0.2) is 9.18 Å². The van der Waals surface area contributed by atoms with E-state index >= 15 is 0 Å². The number of ketones is 1. The number of aryl methyl sites for hydroxylation is 1. The number of anilines is 1. The maximum Gasteiger partial charge on any atom is 0.317 e. The Kier molecular flexibility index (Phi) is 7.02. The summed E-state index contributed by atoms with van der Waals surface area (Å²) in [6.07, 6.45) is 1.32. The summed E-state index contributed by atoms with van der Waals surface area (Å²) in [7, 11) is 0. The lowest BCUT2D eigenvalue weighted by molar-refractivity contribution is 0.101. The molecule has 1 aromatic carbocycles. The number of aromatic nitrogens is 2. The van der Waals surface area contributed by atoms with Crippen molar-refractivity contribution in [3.8, 4) is 0 Å². The number of carbonyl (C=O) groups is 2. The molecule has 0 aliphatic carbocycles. The summed E-state index contributed by atoms with van der Waals surface area (Å²) >= 11 is 0. The normalized spacial score (nSPS) is 14.3. The van der Waals surface area contributed by atoms with Crippen LogP contribution in [0.2, 0.25) is 0 Å². The van der Waals surface area contributed by atoms with Crippen LogP contribution >= 0.6 is 0 Å². The summed E-state index contributed by atoms with van der Waals surface area (Å²) in [5, 5.41) is 6.83. The first-order valence-electron chi connectivity index (χ1n) is 10.3. The van der Waals surface area contributed by atoms with E-state index in [1.165, 1.54) is 13.0 Å². The van der Waals surface area contributed by atoms with Crippen molar-refractivity contribution < 1.29 is 18.5 Å². The molecule has 162 valence electrons. The zero-order chi connectivity index (χ0) is 21.7. The number of halogens is 1. The van der Waals surface area contributed by atoms with Crippen LogP contribution in [-0.4, -0.2) is 59.6 Å². The van der Waals surface area contributed by atoms with Gasteiger partial charge in [0.15, 0.2) is 11.6 Å². The van der Waals surface area contributed by atoms with Gasteiger partial charge in [-0.1, -0.05) is 19.0 Å². The smallest absolute Gasteiger partial charge is 0.317 e. The fraction of sp³-hybridized carbons (Fsp3) is 0.524. The number of nitrogens with zero attached hydrogens (tertiary/aromatic N) is 4. The van der Waals surface area contributed by atoms with Crippen LogP contribution in [0, 0.1) is 5.82 Å². The number of rotatable bonds is 7. The highest BCUT2D eigenvalue weighted by molar-refractivity contribution is 5.94. The van der Waals surface area contributed by atoms with Crippen molar-refractivity contribution in [2.75, 3.05) is 37.6 Å². The number of benzene rings is 1. The maximum absolute atomic E-state index is 14.3. The highest BCUT2D eigenvalue weighted by Gasteiger charge is 2.23. The van der Waals surface area contributed by atoms with Gasteiger partial charge in [0.25, 0.3) is 0 Å². The highest BCUT2D eigenvalue weighted by Crippen LogP contribution is 2.22. The molecule has 0 bridgehead atoms. The van der Waals surface area contributed by atoms with Crippen LogP contribution < -0.4 is 10.2 Å². The molecule has 0 unspecified atom stereocenters. The molecule has 2 heterocycles. The van der Waals surface area contributed by atoms with Gasteiger partial charge in [0.1, 0.15) is 5.82 Å². The van der Waals surface area contributed by atoms with Crippen LogP contribution in [-0.2, 0) is 6.42 Å². The Labute approximate surface area is 175 Å². The van der Waals surface area contributed by atoms with E-state index in [9.17, 15) is 14.0 Å². The van der Waals surface area contributed by atoms with Gasteiger partial charge in [0.05, 0.1) is 5.69 Å². The molecular formula is C21H28FN5O3. The van der Waals surface area contributed by atoms with Crippen LogP contribution in [0.4, 0.5) is 14.9 Å². The Hall–Kier alpha value is -2.97. The van der Waals surface area contributed by atoms with E-state index in [2.05, 4.69) is 15.5 Å². The Morgan fingerprint density at radius 2 is 1.97 bits per heavy atom. The lowest BCUT2D eigenvalue weighted by atomic mass is 10.1. The third-order valence-electron chi connectivity index (χ3n) is 5.11. The van der Waals surface area contributed by atoms with Gasteiger partial charge >= 0.3 is 6.03 Å². The Morgan fingerprint density at radius 1 is 1.23 bits per heavy atom. The molecule has 1 saturated heterocycles. The van der Waals surface area contributed by atoms with Crippen molar-refractivity contribution in [2.45, 2.75) is 39.5 Å². The number of urea groups is 1. The monoisotopic (exact) mass is 417 g/mol. The van der Waals surface area contributed by atoms with E-state index in [0.717, 1.165) is 0 Å². The highest BCUT2D eigenvalue weighted by atomic mass is 19.1. The van der Waals surface area contributed by atoms with Crippen molar-refractivity contribution in [3.63, 3.8) is 0 Å². The molecule has 0 radical (unpaired) electrons. The molecule has 8 nitrogen and oxygen atoms in total. The van der Waals surface area contributed by atoms with Crippen molar-refractivity contribution >= 4 is 17.5 Å². The Bertz CT molecular complexity index is 891. The summed E-state index contributed by atoms with van der Waals surface area (Å²) in [5.74, 6) is 0.920. The summed E-state index contributed by atoms with van der Waals surface area (Å²) in [5.41, 5.74) is 0.815. The maximum atomic E-state index is 14.3. The average Bonchev–Trinajstić information content (AvgIpc) is 3.20. The molecule has 0 spiro atoms. The largest absolute Gasteiger partial charge is 0.366 e. The van der Waals surface area contributed by atoms with Gasteiger partial charge < -0.3 is 19.6 Å². The Balaban J connectivity index is 1.41. The van der Waals surface area contributed by atoms with Gasteiger partial charge in [-0.05, 0) is 31.5 Å². The first-order valence-corrected chi connectivity index (χ1v) is 10.3. The molecule has 1 aromatic heterocycles. The lowest BCUT2D eigenvalue weighted by Crippen LogP contribution is -2.52. The summed E-state index contributed by atoms with van der Waals surface area (Å²) in [6.45, 7) is 8.00. The van der Waals surface area contributed by atoms with Crippen molar-refractivity contribution in [3.05, 3.63) is 41.3 Å². The molecule has 0 saturated carbocycles. The molecular weight excluding hydrogens is 389 g/mol. The minimum Gasteiger partial charge on any atom is -0.366 e. The molecule has 0 atom stereocenters. The van der Waals surface area contributed by atoms with Gasteiger partial charge in [-0.2, -0.15) is 4.98 Å². The second-order valence-electron chi connectivity index (χ2n) is 7.73. The summed E-state index contributed by atoms with van der Waals surface area (Å²) in [6, 6.07) is 4.40. The number of nitrogens with one attached hydrogen (secondary N) is 1. The number of carbonyl (C=O) groups excluding carboxylic acids is 2. The SMILES string of the molecule is CC(=O)c1ccc(N2CCN(C(=O)NCCCc3nc(C(C)C)no3)CC2)c(F)c1. The minimum absolute atomic E-state index is 0.129. The van der Waals surface area contributed by atoms with Crippen molar-refractivity contribution in [1.82, 2.24) is 20.4 Å². The zero-order valence-corrected chi connectivity index (χ0v) is 17.7. The van der Waals surface area contributed by atoms with E-state index < -0.39 is 5.82 Å². The zero-order valence-electron chi connectivity index (χ0n) is 17.7. The third-order valence-corrected chi connectivity index (χ3v) is 5.11. The summed E-state index contributed by atoms with van der Waals surface area (Å²) in [4.78, 5) is 31.7. The molecule has 30 heavy (non-hydrogen) atoms. The van der Waals surface area contributed by atoms with Crippen LogP contribution in [0.1, 0.15) is 55.2 Å². The average molecular weight is 417 g/mol. The second kappa shape index (κ2) is 9.69.